The van der Waals surface area contributed by atoms with Crippen LogP contribution in [-0.2, 0) is 32.5 Å². The highest BCUT2D eigenvalue weighted by Crippen LogP contribution is 2.33. The molecule has 6 aromatic rings. The fourth-order valence-electron chi connectivity index (χ4n) is 8.89. The van der Waals surface area contributed by atoms with Gasteiger partial charge in [-0.3, -0.25) is 0 Å². The first-order chi connectivity index (χ1) is 37.3. The maximum atomic E-state index is 13.6. The first kappa shape index (κ1) is 72.6. The number of hydrogen-bond acceptors (Lipinski definition) is 6. The van der Waals surface area contributed by atoms with Crippen molar-refractivity contribution in [3.05, 3.63) is 207 Å². The van der Waals surface area contributed by atoms with Crippen molar-refractivity contribution in [1.29, 1.82) is 31.6 Å². The predicted molar refractivity (Wildman–Crippen MR) is 333 cm³/mol. The van der Waals surface area contributed by atoms with Crippen LogP contribution in [0.2, 0.25) is 10.0 Å². The lowest BCUT2D eigenvalue weighted by Crippen LogP contribution is -2.15. The summed E-state index contributed by atoms with van der Waals surface area (Å²) < 4.78 is 40.3. The van der Waals surface area contributed by atoms with E-state index in [-0.39, 0.29) is 44.0 Å². The van der Waals surface area contributed by atoms with Gasteiger partial charge in [0.1, 0.15) is 18.0 Å². The van der Waals surface area contributed by atoms with Gasteiger partial charge in [-0.1, -0.05) is 178 Å². The van der Waals surface area contributed by atoms with Gasteiger partial charge in [0, 0.05) is 5.02 Å². The number of hydrogen-bond donors (Lipinski definition) is 0. The third kappa shape index (κ3) is 21.5. The Hall–Kier alpha value is -7.37. The number of aryl methyl sites for hydroxylation is 5. The zero-order valence-corrected chi connectivity index (χ0v) is 54.2. The summed E-state index contributed by atoms with van der Waals surface area (Å²) in [5.74, 6) is -2.26. The fraction of sp³-hybridized carbons (Fsp3) is 0.408. The molecule has 0 radical (unpaired) electrons. The van der Waals surface area contributed by atoms with Crippen LogP contribution in [0.3, 0.4) is 0 Å². The molecule has 0 saturated heterocycles. The molecule has 0 aliphatic heterocycles. The molecule has 0 aliphatic rings. The van der Waals surface area contributed by atoms with Crippen molar-refractivity contribution in [1.82, 2.24) is 0 Å². The summed E-state index contributed by atoms with van der Waals surface area (Å²) in [6.45, 7) is 47.0. The van der Waals surface area contributed by atoms with Crippen LogP contribution in [0, 0.1) is 120 Å². The number of nitrogens with zero attached hydrogens (tertiary/aromatic N) is 6. The van der Waals surface area contributed by atoms with Gasteiger partial charge in [-0.05, 0) is 183 Å². The molecule has 11 heteroatoms. The monoisotopic (exact) mass is 1150 g/mol. The second-order valence-electron chi connectivity index (χ2n) is 26.5. The first-order valence-electron chi connectivity index (χ1n) is 26.9. The van der Waals surface area contributed by atoms with Crippen LogP contribution in [-0.4, -0.2) is 0 Å². The lowest BCUT2D eigenvalue weighted by Gasteiger charge is -2.22. The van der Waals surface area contributed by atoms with Crippen LogP contribution >= 0.6 is 23.2 Å². The average Bonchev–Trinajstić information content (AvgIpc) is 3.38. The number of nitriles is 6. The summed E-state index contributed by atoms with van der Waals surface area (Å²) in [5.41, 5.74) is 13.8. The Kier molecular flexibility index (Phi) is 26.2. The summed E-state index contributed by atoms with van der Waals surface area (Å²) in [7, 11) is 0. The van der Waals surface area contributed by atoms with Gasteiger partial charge in [0.25, 0.3) is 0 Å². The average molecular weight is 1150 g/mol. The van der Waals surface area contributed by atoms with Crippen LogP contribution in [0.4, 0.5) is 13.2 Å². The van der Waals surface area contributed by atoms with Crippen LogP contribution in [0.15, 0.2) is 84.9 Å². The van der Waals surface area contributed by atoms with Crippen LogP contribution in [0.25, 0.3) is 0 Å². The molecule has 0 unspecified atom stereocenters. The molecule has 0 spiro atoms. The quantitative estimate of drug-likeness (QED) is 0.148. The van der Waals surface area contributed by atoms with E-state index in [2.05, 4.69) is 126 Å². The molecule has 0 aromatic heterocycles. The minimum absolute atomic E-state index is 0.0328. The van der Waals surface area contributed by atoms with E-state index < -0.39 is 17.0 Å². The fourth-order valence-corrected chi connectivity index (χ4v) is 9.56. The Balaban J connectivity index is 0.000000492. The Morgan fingerprint density at radius 2 is 0.744 bits per heavy atom. The maximum absolute atomic E-state index is 13.6. The highest BCUT2D eigenvalue weighted by Gasteiger charge is 2.24. The van der Waals surface area contributed by atoms with Gasteiger partial charge in [-0.15, -0.1) is 0 Å². The van der Waals surface area contributed by atoms with E-state index in [1.165, 1.54) is 40.5 Å². The summed E-state index contributed by atoms with van der Waals surface area (Å²) in [5, 5.41) is 53.5. The van der Waals surface area contributed by atoms with Crippen LogP contribution in [0.5, 0.6) is 0 Å². The van der Waals surface area contributed by atoms with Gasteiger partial charge >= 0.3 is 0 Å². The SMILES string of the molecule is CC(C)(C)c1ccc(C#N)c(F)c1F.CC(C)(C)c1ccc(C#N)cc1Cl.Cc1cc(C#N)c(Cl)cc1C(C)(C)C.Cc1cc(C#N)cc(F)c1C(C)(C)C.Cc1cc(C#N)ccc1C(C)(C)C.Cc1cc(C(C)(C)C)cc(C)c1C#N. The molecule has 0 saturated carbocycles. The standard InChI is InChI=1S/C13H17N.C12H14ClN.C12H14FN.C12H15N.C11H12ClN.C11H11F2N/c1-9-6-11(13(3,4)5)7-10(2)12(9)8-14;1-8-5-9(7-14)11(13)6-10(8)12(2,3)4;1-8-5-9(7-14)6-10(13)11(8)12(2,3)4;1-9-7-10(8-13)5-6-11(9)12(2,3)4;1-11(2,3)9-5-4-8(7-13)6-10(9)12;1-11(2,3)8-5-4-7(6-14)9(12)10(8)13/h6-7H,1-5H3;2*5-6H,1-4H3;5-7H,1-4H3;4-6H,1-3H3;4-5H,1-3H3. The van der Waals surface area contributed by atoms with Gasteiger partial charge in [0.15, 0.2) is 11.6 Å². The minimum Gasteiger partial charge on any atom is -0.207 e. The van der Waals surface area contributed by atoms with Crippen LogP contribution < -0.4 is 0 Å². The molecular formula is C71H83Cl2F3N6. The van der Waals surface area contributed by atoms with Crippen molar-refractivity contribution in [2.45, 2.75) is 192 Å². The maximum Gasteiger partial charge on any atom is 0.176 e. The molecule has 0 heterocycles. The van der Waals surface area contributed by atoms with Crippen molar-refractivity contribution in [3.63, 3.8) is 0 Å². The zero-order chi connectivity index (χ0) is 63.8. The Bertz CT molecular complexity index is 3350. The molecule has 6 aromatic carbocycles. The summed E-state index contributed by atoms with van der Waals surface area (Å²) in [4.78, 5) is 0. The van der Waals surface area contributed by atoms with Crippen molar-refractivity contribution < 1.29 is 13.2 Å². The molecule has 6 rings (SSSR count). The van der Waals surface area contributed by atoms with E-state index in [0.29, 0.717) is 32.3 Å². The highest BCUT2D eigenvalue weighted by molar-refractivity contribution is 6.32. The summed E-state index contributed by atoms with van der Waals surface area (Å²) in [6, 6.07) is 37.2. The van der Waals surface area contributed by atoms with E-state index in [1.807, 2.05) is 90.9 Å². The van der Waals surface area contributed by atoms with E-state index in [0.717, 1.165) is 38.9 Å². The van der Waals surface area contributed by atoms with Crippen molar-refractivity contribution in [2.24, 2.45) is 0 Å². The molecule has 432 valence electrons. The lowest BCUT2D eigenvalue weighted by molar-refractivity contribution is 0.463. The Labute approximate surface area is 500 Å². The topological polar surface area (TPSA) is 143 Å². The van der Waals surface area contributed by atoms with E-state index in [1.54, 1.807) is 45.0 Å². The van der Waals surface area contributed by atoms with E-state index in [9.17, 15) is 13.2 Å². The molecule has 0 amide bonds. The molecule has 0 fully saturated rings. The van der Waals surface area contributed by atoms with Crippen molar-refractivity contribution >= 4 is 23.2 Å². The zero-order valence-electron chi connectivity index (χ0n) is 52.7. The number of rotatable bonds is 0. The second-order valence-corrected chi connectivity index (χ2v) is 27.3. The third-order valence-corrected chi connectivity index (χ3v) is 13.6. The van der Waals surface area contributed by atoms with Gasteiger partial charge in [0.2, 0.25) is 0 Å². The molecular weight excluding hydrogens is 1060 g/mol. The molecule has 0 atom stereocenters. The molecule has 0 N–H and O–H groups in total. The summed E-state index contributed by atoms with van der Waals surface area (Å²) >= 11 is 12.0. The first-order valence-corrected chi connectivity index (χ1v) is 27.6. The predicted octanol–water partition coefficient (Wildman–Crippen LogP) is 20.4. The van der Waals surface area contributed by atoms with Crippen molar-refractivity contribution in [3.8, 4) is 36.4 Å². The summed E-state index contributed by atoms with van der Waals surface area (Å²) in [6.07, 6.45) is 0. The minimum atomic E-state index is -1.06. The number of halogens is 5. The van der Waals surface area contributed by atoms with Gasteiger partial charge in [-0.2, -0.15) is 31.6 Å². The Morgan fingerprint density at radius 1 is 0.329 bits per heavy atom. The van der Waals surface area contributed by atoms with Gasteiger partial charge in [-0.25, -0.2) is 13.2 Å². The normalized spacial score (nSPS) is 11.1. The van der Waals surface area contributed by atoms with E-state index >= 15 is 0 Å². The van der Waals surface area contributed by atoms with E-state index in [4.69, 9.17) is 54.8 Å². The van der Waals surface area contributed by atoms with Crippen LogP contribution in [0.1, 0.15) is 219 Å². The molecule has 0 bridgehead atoms. The molecule has 6 nitrogen and oxygen atoms in total. The third-order valence-electron chi connectivity index (χ3n) is 13.0. The second kappa shape index (κ2) is 29.6. The Morgan fingerprint density at radius 3 is 1.11 bits per heavy atom. The smallest absolute Gasteiger partial charge is 0.176 e. The molecule has 82 heavy (non-hydrogen) atoms. The number of benzene rings is 6. The lowest BCUT2D eigenvalue weighted by atomic mass is 9.83. The highest BCUT2D eigenvalue weighted by atomic mass is 35.5. The largest absolute Gasteiger partial charge is 0.207 e. The molecule has 0 aliphatic carbocycles. The van der Waals surface area contributed by atoms with Gasteiger partial charge < -0.3 is 0 Å². The van der Waals surface area contributed by atoms with Gasteiger partial charge in [0.05, 0.1) is 62.7 Å². The van der Waals surface area contributed by atoms with Crippen molar-refractivity contribution in [2.75, 3.05) is 0 Å².